The van der Waals surface area contributed by atoms with Gasteiger partial charge in [0.1, 0.15) is 5.82 Å². The van der Waals surface area contributed by atoms with E-state index in [0.29, 0.717) is 24.7 Å². The fraction of sp³-hybridized carbons (Fsp3) is 0.238. The van der Waals surface area contributed by atoms with Crippen molar-refractivity contribution in [2.24, 2.45) is 0 Å². The van der Waals surface area contributed by atoms with E-state index in [0.717, 1.165) is 24.3 Å². The maximum absolute atomic E-state index is 12.4. The number of pyridine rings is 1. The van der Waals surface area contributed by atoms with Gasteiger partial charge in [0.15, 0.2) is 5.82 Å². The number of amides is 1. The van der Waals surface area contributed by atoms with Gasteiger partial charge in [0, 0.05) is 44.2 Å². The monoisotopic (exact) mass is 374 g/mol. The second-order valence-corrected chi connectivity index (χ2v) is 6.75. The Morgan fingerprint density at radius 2 is 1.89 bits per heavy atom. The standard InChI is InChI=1S/C21H22N6O/c1-22-19-9-18(25-21(26-19)15-7-4-8-23-10-15)11-24-20(28)14-27-12-16-5-2-3-6-17(16)13-27/h2-10H,11-14H2,1H3,(H,24,28)(H,22,25,26). The highest BCUT2D eigenvalue weighted by Crippen LogP contribution is 2.21. The maximum Gasteiger partial charge on any atom is 0.234 e. The topological polar surface area (TPSA) is 83.0 Å². The molecule has 3 heterocycles. The molecule has 2 N–H and O–H groups in total. The van der Waals surface area contributed by atoms with Crippen molar-refractivity contribution in [1.29, 1.82) is 0 Å². The lowest BCUT2D eigenvalue weighted by molar-refractivity contribution is -0.122. The highest BCUT2D eigenvalue weighted by atomic mass is 16.2. The van der Waals surface area contributed by atoms with Gasteiger partial charge in [0.25, 0.3) is 0 Å². The molecule has 2 aromatic heterocycles. The first kappa shape index (κ1) is 18.1. The normalized spacial score (nSPS) is 13.2. The minimum Gasteiger partial charge on any atom is -0.373 e. The van der Waals surface area contributed by atoms with E-state index in [-0.39, 0.29) is 5.91 Å². The van der Waals surface area contributed by atoms with E-state index in [1.165, 1.54) is 11.1 Å². The Labute approximate surface area is 163 Å². The van der Waals surface area contributed by atoms with Crippen LogP contribution in [-0.4, -0.2) is 39.4 Å². The molecule has 1 aliphatic heterocycles. The molecule has 1 aromatic carbocycles. The predicted molar refractivity (Wildman–Crippen MR) is 107 cm³/mol. The summed E-state index contributed by atoms with van der Waals surface area (Å²) < 4.78 is 0. The summed E-state index contributed by atoms with van der Waals surface area (Å²) in [4.78, 5) is 27.7. The number of hydrogen-bond donors (Lipinski definition) is 2. The Hall–Kier alpha value is -3.32. The first-order valence-electron chi connectivity index (χ1n) is 9.23. The zero-order chi connectivity index (χ0) is 19.3. The molecule has 0 atom stereocenters. The van der Waals surface area contributed by atoms with Gasteiger partial charge in [0.05, 0.1) is 18.8 Å². The molecule has 7 nitrogen and oxygen atoms in total. The van der Waals surface area contributed by atoms with Crippen LogP contribution in [0.1, 0.15) is 16.8 Å². The molecule has 0 bridgehead atoms. The van der Waals surface area contributed by atoms with Crippen LogP contribution in [0, 0.1) is 0 Å². The number of aromatic nitrogens is 3. The van der Waals surface area contributed by atoms with Crippen LogP contribution in [0.3, 0.4) is 0 Å². The summed E-state index contributed by atoms with van der Waals surface area (Å²) in [6, 6.07) is 13.9. The molecule has 0 aliphatic carbocycles. The van der Waals surface area contributed by atoms with Crippen LogP contribution in [0.25, 0.3) is 11.4 Å². The average Bonchev–Trinajstić information content (AvgIpc) is 3.15. The van der Waals surface area contributed by atoms with Gasteiger partial charge in [-0.2, -0.15) is 0 Å². The summed E-state index contributed by atoms with van der Waals surface area (Å²) in [5.41, 5.74) is 4.18. The van der Waals surface area contributed by atoms with E-state index in [9.17, 15) is 4.79 Å². The fourth-order valence-electron chi connectivity index (χ4n) is 3.30. The number of rotatable bonds is 6. The highest BCUT2D eigenvalue weighted by Gasteiger charge is 2.20. The summed E-state index contributed by atoms with van der Waals surface area (Å²) in [5, 5.41) is 6.01. The SMILES string of the molecule is CNc1cc(CNC(=O)CN2Cc3ccccc3C2)nc(-c2cccnc2)n1. The van der Waals surface area contributed by atoms with E-state index in [1.54, 1.807) is 12.4 Å². The first-order valence-corrected chi connectivity index (χ1v) is 9.23. The quantitative estimate of drug-likeness (QED) is 0.688. The largest absolute Gasteiger partial charge is 0.373 e. The van der Waals surface area contributed by atoms with E-state index < -0.39 is 0 Å². The molecule has 0 spiro atoms. The second-order valence-electron chi connectivity index (χ2n) is 6.75. The van der Waals surface area contributed by atoms with Crippen LogP contribution in [0.2, 0.25) is 0 Å². The number of nitrogens with zero attached hydrogens (tertiary/aromatic N) is 4. The zero-order valence-electron chi connectivity index (χ0n) is 15.7. The van der Waals surface area contributed by atoms with Gasteiger partial charge in [-0.05, 0) is 23.3 Å². The Balaban J connectivity index is 1.39. The molecule has 0 fully saturated rings. The number of carbonyl (C=O) groups is 1. The Kier molecular flexibility index (Phi) is 5.25. The van der Waals surface area contributed by atoms with E-state index >= 15 is 0 Å². The van der Waals surface area contributed by atoms with Gasteiger partial charge in [-0.15, -0.1) is 0 Å². The number of fused-ring (bicyclic) bond motifs is 1. The van der Waals surface area contributed by atoms with Crippen molar-refractivity contribution in [1.82, 2.24) is 25.2 Å². The van der Waals surface area contributed by atoms with Crippen molar-refractivity contribution >= 4 is 11.7 Å². The van der Waals surface area contributed by atoms with Crippen molar-refractivity contribution < 1.29 is 4.79 Å². The van der Waals surface area contributed by atoms with E-state index in [4.69, 9.17) is 0 Å². The number of anilines is 1. The first-order chi connectivity index (χ1) is 13.7. The second kappa shape index (κ2) is 8.14. The lowest BCUT2D eigenvalue weighted by Gasteiger charge is -2.14. The lowest BCUT2D eigenvalue weighted by atomic mass is 10.1. The Morgan fingerprint density at radius 1 is 1.11 bits per heavy atom. The maximum atomic E-state index is 12.4. The zero-order valence-corrected chi connectivity index (χ0v) is 15.7. The summed E-state index contributed by atoms with van der Waals surface area (Å²) >= 11 is 0. The molecule has 4 rings (SSSR count). The molecule has 0 saturated carbocycles. The van der Waals surface area contributed by atoms with Crippen LogP contribution >= 0.6 is 0 Å². The third-order valence-electron chi connectivity index (χ3n) is 4.70. The molecule has 28 heavy (non-hydrogen) atoms. The third-order valence-corrected chi connectivity index (χ3v) is 4.70. The van der Waals surface area contributed by atoms with Crippen molar-refractivity contribution in [2.45, 2.75) is 19.6 Å². The van der Waals surface area contributed by atoms with Gasteiger partial charge < -0.3 is 10.6 Å². The van der Waals surface area contributed by atoms with Crippen LogP contribution in [0.5, 0.6) is 0 Å². The Morgan fingerprint density at radius 3 is 2.57 bits per heavy atom. The molecule has 1 aliphatic rings. The van der Waals surface area contributed by atoms with Crippen molar-refractivity contribution in [2.75, 3.05) is 18.9 Å². The smallest absolute Gasteiger partial charge is 0.234 e. The molecule has 7 heteroatoms. The Bertz CT molecular complexity index is 951. The van der Waals surface area contributed by atoms with Gasteiger partial charge in [-0.1, -0.05) is 24.3 Å². The van der Waals surface area contributed by atoms with E-state index in [1.807, 2.05) is 37.4 Å². The van der Waals surface area contributed by atoms with Gasteiger partial charge in [-0.3, -0.25) is 14.7 Å². The van der Waals surface area contributed by atoms with Gasteiger partial charge in [0.2, 0.25) is 5.91 Å². The number of nitrogens with one attached hydrogen (secondary N) is 2. The van der Waals surface area contributed by atoms with Gasteiger partial charge >= 0.3 is 0 Å². The predicted octanol–water partition coefficient (Wildman–Crippen LogP) is 2.21. The van der Waals surface area contributed by atoms with Crippen molar-refractivity contribution in [3.8, 4) is 11.4 Å². The molecule has 3 aromatic rings. The summed E-state index contributed by atoms with van der Waals surface area (Å²) in [6.45, 7) is 2.34. The van der Waals surface area contributed by atoms with Crippen LogP contribution in [0.15, 0.2) is 54.9 Å². The highest BCUT2D eigenvalue weighted by molar-refractivity contribution is 5.78. The summed E-state index contributed by atoms with van der Waals surface area (Å²) in [7, 11) is 1.81. The van der Waals surface area contributed by atoms with Crippen molar-refractivity contribution in [3.05, 3.63) is 71.7 Å². The minimum atomic E-state index is -0.0136. The molecule has 142 valence electrons. The van der Waals surface area contributed by atoms with Crippen LogP contribution < -0.4 is 10.6 Å². The number of carbonyl (C=O) groups excluding carboxylic acids is 1. The van der Waals surface area contributed by atoms with Gasteiger partial charge in [-0.25, -0.2) is 9.97 Å². The molecule has 0 radical (unpaired) electrons. The summed E-state index contributed by atoms with van der Waals surface area (Å²) in [6.07, 6.45) is 3.44. The average molecular weight is 374 g/mol. The number of hydrogen-bond acceptors (Lipinski definition) is 6. The fourth-order valence-corrected chi connectivity index (χ4v) is 3.30. The minimum absolute atomic E-state index is 0.0136. The third kappa shape index (κ3) is 4.15. The van der Waals surface area contributed by atoms with Crippen molar-refractivity contribution in [3.63, 3.8) is 0 Å². The summed E-state index contributed by atoms with van der Waals surface area (Å²) in [5.74, 6) is 1.27. The molecule has 0 unspecified atom stereocenters. The van der Waals surface area contributed by atoms with Crippen LogP contribution in [-0.2, 0) is 24.4 Å². The van der Waals surface area contributed by atoms with E-state index in [2.05, 4.69) is 42.6 Å². The molecular weight excluding hydrogens is 352 g/mol. The molecule has 0 saturated heterocycles. The van der Waals surface area contributed by atoms with Crippen LogP contribution in [0.4, 0.5) is 5.82 Å². The molecular formula is C21H22N6O. The lowest BCUT2D eigenvalue weighted by Crippen LogP contribution is -2.34. The number of benzene rings is 1. The molecule has 1 amide bonds.